The maximum atomic E-state index is 12.1. The minimum absolute atomic E-state index is 0.228. The standard InChI is InChI=1S/C17H28F2N2OS/c1-14-6-2-4-10-21(14)11-5-3-9-20-12-15-7-8-16(22-15)13-23-17(18)19/h7-8,14,17,20H,2-6,9-13H2,1H3. The highest BCUT2D eigenvalue weighted by Crippen LogP contribution is 2.21. The van der Waals surface area contributed by atoms with Crippen LogP contribution in [0.2, 0.25) is 0 Å². The third kappa shape index (κ3) is 7.23. The number of furan rings is 1. The van der Waals surface area contributed by atoms with Crippen LogP contribution in [-0.2, 0) is 12.3 Å². The van der Waals surface area contributed by atoms with Gasteiger partial charge in [-0.3, -0.25) is 0 Å². The molecule has 1 aliphatic heterocycles. The first-order valence-electron chi connectivity index (χ1n) is 8.57. The fourth-order valence-electron chi connectivity index (χ4n) is 3.01. The molecule has 0 radical (unpaired) electrons. The van der Waals surface area contributed by atoms with Gasteiger partial charge in [-0.25, -0.2) is 0 Å². The third-order valence-corrected chi connectivity index (χ3v) is 5.06. The molecule has 1 fully saturated rings. The maximum Gasteiger partial charge on any atom is 0.284 e. The lowest BCUT2D eigenvalue weighted by atomic mass is 10.0. The molecule has 1 aromatic heterocycles. The zero-order chi connectivity index (χ0) is 16.5. The highest BCUT2D eigenvalue weighted by Gasteiger charge is 2.16. The summed E-state index contributed by atoms with van der Waals surface area (Å²) in [6, 6.07) is 4.39. The molecule has 0 bridgehead atoms. The Labute approximate surface area is 142 Å². The van der Waals surface area contributed by atoms with Crippen molar-refractivity contribution in [3.05, 3.63) is 23.7 Å². The van der Waals surface area contributed by atoms with Crippen LogP contribution in [0, 0.1) is 0 Å². The number of nitrogens with one attached hydrogen (secondary N) is 1. The van der Waals surface area contributed by atoms with Crippen LogP contribution in [0.25, 0.3) is 0 Å². The lowest BCUT2D eigenvalue weighted by Gasteiger charge is -2.33. The van der Waals surface area contributed by atoms with Crippen LogP contribution in [0.15, 0.2) is 16.5 Å². The molecule has 1 atom stereocenters. The summed E-state index contributed by atoms with van der Waals surface area (Å²) in [6.07, 6.45) is 6.42. The van der Waals surface area contributed by atoms with Gasteiger partial charge >= 0.3 is 0 Å². The van der Waals surface area contributed by atoms with Crippen molar-refractivity contribution < 1.29 is 13.2 Å². The molecule has 1 N–H and O–H groups in total. The number of hydrogen-bond acceptors (Lipinski definition) is 4. The van der Waals surface area contributed by atoms with Crippen molar-refractivity contribution in [3.8, 4) is 0 Å². The molecule has 0 aromatic carbocycles. The van der Waals surface area contributed by atoms with Crippen molar-refractivity contribution in [1.29, 1.82) is 0 Å². The predicted molar refractivity (Wildman–Crippen MR) is 91.8 cm³/mol. The SMILES string of the molecule is CC1CCCCN1CCCCNCc1ccc(CSC(F)F)o1. The van der Waals surface area contributed by atoms with Crippen LogP contribution < -0.4 is 5.32 Å². The molecule has 0 amide bonds. The summed E-state index contributed by atoms with van der Waals surface area (Å²) in [4.78, 5) is 2.60. The second-order valence-corrected chi connectivity index (χ2v) is 7.18. The van der Waals surface area contributed by atoms with Gasteiger partial charge in [0, 0.05) is 6.04 Å². The van der Waals surface area contributed by atoms with Gasteiger partial charge < -0.3 is 14.6 Å². The Kier molecular flexibility index (Phi) is 8.40. The zero-order valence-corrected chi connectivity index (χ0v) is 14.7. The van der Waals surface area contributed by atoms with E-state index in [4.69, 9.17) is 4.42 Å². The Bertz CT molecular complexity index is 442. The first kappa shape index (κ1) is 18.7. The monoisotopic (exact) mass is 346 g/mol. The number of thioether (sulfide) groups is 1. The summed E-state index contributed by atoms with van der Waals surface area (Å²) in [5.41, 5.74) is 0. The molecule has 132 valence electrons. The van der Waals surface area contributed by atoms with Crippen LogP contribution in [0.4, 0.5) is 8.78 Å². The number of halogens is 2. The largest absolute Gasteiger partial charge is 0.464 e. The Balaban J connectivity index is 1.52. The lowest BCUT2D eigenvalue weighted by molar-refractivity contribution is 0.158. The number of rotatable bonds is 10. The first-order chi connectivity index (χ1) is 11.1. The van der Waals surface area contributed by atoms with E-state index in [1.165, 1.54) is 38.8 Å². The van der Waals surface area contributed by atoms with Gasteiger partial charge in [0.1, 0.15) is 11.5 Å². The summed E-state index contributed by atoms with van der Waals surface area (Å²) in [5, 5.41) is 3.36. The molecule has 0 spiro atoms. The van der Waals surface area contributed by atoms with Gasteiger partial charge in [-0.05, 0) is 64.4 Å². The average molecular weight is 346 g/mol. The maximum absolute atomic E-state index is 12.1. The van der Waals surface area contributed by atoms with Gasteiger partial charge in [-0.1, -0.05) is 18.2 Å². The Morgan fingerprint density at radius 1 is 1.30 bits per heavy atom. The molecular weight excluding hydrogens is 318 g/mol. The van der Waals surface area contributed by atoms with E-state index in [0.29, 0.717) is 24.1 Å². The van der Waals surface area contributed by atoms with Crippen molar-refractivity contribution >= 4 is 11.8 Å². The Morgan fingerprint density at radius 3 is 2.91 bits per heavy atom. The van der Waals surface area contributed by atoms with E-state index >= 15 is 0 Å². The van der Waals surface area contributed by atoms with Crippen molar-refractivity contribution in [2.24, 2.45) is 0 Å². The van der Waals surface area contributed by atoms with E-state index in [2.05, 4.69) is 17.1 Å². The van der Waals surface area contributed by atoms with Crippen molar-refractivity contribution in [1.82, 2.24) is 10.2 Å². The molecule has 23 heavy (non-hydrogen) atoms. The molecule has 1 saturated heterocycles. The van der Waals surface area contributed by atoms with E-state index in [1.54, 1.807) is 6.07 Å². The van der Waals surface area contributed by atoms with Crippen molar-refractivity contribution in [2.45, 2.75) is 63.1 Å². The van der Waals surface area contributed by atoms with Gasteiger partial charge in [0.2, 0.25) is 0 Å². The Hall–Kier alpha value is -0.590. The minimum atomic E-state index is -2.34. The number of likely N-dealkylation sites (tertiary alicyclic amines) is 1. The molecule has 1 aromatic rings. The molecule has 0 saturated carbocycles. The average Bonchev–Trinajstić information content (AvgIpc) is 2.98. The topological polar surface area (TPSA) is 28.4 Å². The Morgan fingerprint density at radius 2 is 2.13 bits per heavy atom. The quantitative estimate of drug-likeness (QED) is 0.632. The number of unbranched alkanes of at least 4 members (excludes halogenated alkanes) is 1. The molecule has 6 heteroatoms. The molecule has 1 unspecified atom stereocenters. The first-order valence-corrected chi connectivity index (χ1v) is 9.62. The van der Waals surface area contributed by atoms with Gasteiger partial charge in [-0.15, -0.1) is 0 Å². The van der Waals surface area contributed by atoms with E-state index < -0.39 is 5.76 Å². The van der Waals surface area contributed by atoms with Crippen molar-refractivity contribution in [3.63, 3.8) is 0 Å². The van der Waals surface area contributed by atoms with Crippen LogP contribution >= 0.6 is 11.8 Å². The number of piperidine rings is 1. The van der Waals surface area contributed by atoms with E-state index in [9.17, 15) is 8.78 Å². The van der Waals surface area contributed by atoms with Crippen molar-refractivity contribution in [2.75, 3.05) is 19.6 Å². The van der Waals surface area contributed by atoms with Gasteiger partial charge in [0.05, 0.1) is 12.3 Å². The van der Waals surface area contributed by atoms with Crippen LogP contribution in [0.1, 0.15) is 50.5 Å². The smallest absolute Gasteiger partial charge is 0.284 e. The number of alkyl halides is 2. The number of nitrogens with zero attached hydrogens (tertiary/aromatic N) is 1. The van der Waals surface area contributed by atoms with E-state index in [-0.39, 0.29) is 5.75 Å². The summed E-state index contributed by atoms with van der Waals surface area (Å²) in [6.45, 7) is 6.40. The summed E-state index contributed by atoms with van der Waals surface area (Å²) >= 11 is 0.594. The van der Waals surface area contributed by atoms with Gasteiger partial charge in [0.25, 0.3) is 5.76 Å². The fraction of sp³-hybridized carbons (Fsp3) is 0.765. The van der Waals surface area contributed by atoms with Gasteiger partial charge in [0.15, 0.2) is 0 Å². The zero-order valence-electron chi connectivity index (χ0n) is 13.9. The summed E-state index contributed by atoms with van der Waals surface area (Å²) < 4.78 is 29.7. The molecule has 2 heterocycles. The van der Waals surface area contributed by atoms with E-state index in [1.807, 2.05) is 6.07 Å². The van der Waals surface area contributed by atoms with Crippen LogP contribution in [-0.4, -0.2) is 36.3 Å². The highest BCUT2D eigenvalue weighted by molar-refractivity contribution is 7.98. The molecule has 1 aliphatic rings. The minimum Gasteiger partial charge on any atom is -0.464 e. The number of hydrogen-bond donors (Lipinski definition) is 1. The van der Waals surface area contributed by atoms with E-state index in [0.717, 1.165) is 24.8 Å². The predicted octanol–water partition coefficient (Wildman–Crippen LogP) is 4.48. The normalized spacial score (nSPS) is 19.6. The third-order valence-electron chi connectivity index (χ3n) is 4.36. The van der Waals surface area contributed by atoms with Gasteiger partial charge in [-0.2, -0.15) is 8.78 Å². The highest BCUT2D eigenvalue weighted by atomic mass is 32.2. The summed E-state index contributed by atoms with van der Waals surface area (Å²) in [7, 11) is 0. The molecule has 0 aliphatic carbocycles. The lowest BCUT2D eigenvalue weighted by Crippen LogP contribution is -2.38. The fourth-order valence-corrected chi connectivity index (χ4v) is 3.45. The molecule has 3 nitrogen and oxygen atoms in total. The van der Waals surface area contributed by atoms with Crippen LogP contribution in [0.3, 0.4) is 0 Å². The van der Waals surface area contributed by atoms with Crippen LogP contribution in [0.5, 0.6) is 0 Å². The second kappa shape index (κ2) is 10.3. The summed E-state index contributed by atoms with van der Waals surface area (Å²) in [5.74, 6) is -0.680. The second-order valence-electron chi connectivity index (χ2n) is 6.20. The molecule has 2 rings (SSSR count). The molecular formula is C17H28F2N2OS.